The normalized spacial score (nSPS) is 18.9. The molecule has 1 atom stereocenters. The summed E-state index contributed by atoms with van der Waals surface area (Å²) in [5, 5.41) is 0. The summed E-state index contributed by atoms with van der Waals surface area (Å²) < 4.78 is 19.4. The Bertz CT molecular complexity index is 808. The highest BCUT2D eigenvalue weighted by Crippen LogP contribution is 2.38. The molecular formula is C21H24FN3O2. The minimum atomic E-state index is -0.301. The maximum Gasteiger partial charge on any atom is 0.244 e. The van der Waals surface area contributed by atoms with Gasteiger partial charge in [0.25, 0.3) is 0 Å². The molecule has 27 heavy (non-hydrogen) atoms. The third-order valence-electron chi connectivity index (χ3n) is 5.35. The van der Waals surface area contributed by atoms with Crippen LogP contribution in [0.5, 0.6) is 0 Å². The van der Waals surface area contributed by atoms with Gasteiger partial charge in [0.2, 0.25) is 5.91 Å². The summed E-state index contributed by atoms with van der Waals surface area (Å²) in [5.74, 6) is -0.248. The van der Waals surface area contributed by atoms with Crippen LogP contribution in [0.2, 0.25) is 0 Å². The number of halogens is 1. The number of para-hydroxylation sites is 1. The van der Waals surface area contributed by atoms with E-state index < -0.39 is 0 Å². The zero-order chi connectivity index (χ0) is 18.8. The molecule has 0 aliphatic carbocycles. The lowest BCUT2D eigenvalue weighted by atomic mass is 10.1. The highest BCUT2D eigenvalue weighted by atomic mass is 19.1. The van der Waals surface area contributed by atoms with Gasteiger partial charge in [0.05, 0.1) is 30.6 Å². The minimum absolute atomic E-state index is 0.0532. The van der Waals surface area contributed by atoms with E-state index in [2.05, 4.69) is 9.80 Å². The number of ether oxygens (including phenoxy) is 1. The molecule has 1 unspecified atom stereocenters. The lowest BCUT2D eigenvalue weighted by Crippen LogP contribution is -2.53. The Kier molecular flexibility index (Phi) is 5.09. The SMILES string of the molecule is CC(C(=O)N1CCN(c2ccccc2)c2cc(F)ccc21)N1CCOCC1. The Morgan fingerprint density at radius 3 is 2.48 bits per heavy atom. The standard InChI is InChI=1S/C21H24FN3O2/c1-16(23-11-13-27-14-12-23)21(26)25-10-9-24(18-5-3-2-4-6-18)20-15-17(22)7-8-19(20)25/h2-8,15-16H,9-14H2,1H3. The molecule has 0 radical (unpaired) electrons. The molecule has 2 aliphatic rings. The van der Waals surface area contributed by atoms with Crippen LogP contribution in [0.1, 0.15) is 6.92 Å². The number of carbonyl (C=O) groups excluding carboxylic acids is 1. The maximum absolute atomic E-state index is 14.0. The number of fused-ring (bicyclic) bond motifs is 1. The van der Waals surface area contributed by atoms with E-state index in [0.29, 0.717) is 26.3 Å². The average molecular weight is 369 g/mol. The van der Waals surface area contributed by atoms with E-state index >= 15 is 0 Å². The summed E-state index contributed by atoms with van der Waals surface area (Å²) in [7, 11) is 0. The van der Waals surface area contributed by atoms with Crippen LogP contribution < -0.4 is 9.80 Å². The van der Waals surface area contributed by atoms with Gasteiger partial charge in [-0.05, 0) is 37.3 Å². The third-order valence-corrected chi connectivity index (χ3v) is 5.35. The molecule has 1 amide bonds. The van der Waals surface area contributed by atoms with E-state index in [1.54, 1.807) is 11.0 Å². The smallest absolute Gasteiger partial charge is 0.244 e. The molecular weight excluding hydrogens is 345 g/mol. The quantitative estimate of drug-likeness (QED) is 0.833. The summed E-state index contributed by atoms with van der Waals surface area (Å²) in [6.07, 6.45) is 0. The van der Waals surface area contributed by atoms with Crippen LogP contribution in [-0.4, -0.2) is 56.2 Å². The number of amides is 1. The highest BCUT2D eigenvalue weighted by Gasteiger charge is 2.33. The van der Waals surface area contributed by atoms with Crippen molar-refractivity contribution in [1.82, 2.24) is 4.90 Å². The van der Waals surface area contributed by atoms with Gasteiger partial charge in [0.15, 0.2) is 0 Å². The zero-order valence-corrected chi connectivity index (χ0v) is 15.5. The fourth-order valence-corrected chi connectivity index (χ4v) is 3.83. The number of anilines is 3. The molecule has 0 aromatic heterocycles. The lowest BCUT2D eigenvalue weighted by Gasteiger charge is -2.40. The largest absolute Gasteiger partial charge is 0.379 e. The molecule has 2 heterocycles. The molecule has 5 nitrogen and oxygen atoms in total. The number of nitrogens with zero attached hydrogens (tertiary/aromatic N) is 3. The molecule has 2 aliphatic heterocycles. The fraction of sp³-hybridized carbons (Fsp3) is 0.381. The predicted molar refractivity (Wildman–Crippen MR) is 104 cm³/mol. The van der Waals surface area contributed by atoms with Gasteiger partial charge in [-0.3, -0.25) is 9.69 Å². The van der Waals surface area contributed by atoms with Gasteiger partial charge in [0, 0.05) is 31.9 Å². The number of morpholine rings is 1. The summed E-state index contributed by atoms with van der Waals surface area (Å²) in [6, 6.07) is 14.3. The first-order chi connectivity index (χ1) is 13.1. The van der Waals surface area contributed by atoms with Gasteiger partial charge in [-0.2, -0.15) is 0 Å². The summed E-state index contributed by atoms with van der Waals surface area (Å²) in [5.41, 5.74) is 2.49. The van der Waals surface area contributed by atoms with Crippen molar-refractivity contribution < 1.29 is 13.9 Å². The predicted octanol–water partition coefficient (Wildman–Crippen LogP) is 3.03. The van der Waals surface area contributed by atoms with Crippen molar-refractivity contribution in [3.63, 3.8) is 0 Å². The van der Waals surface area contributed by atoms with Gasteiger partial charge < -0.3 is 14.5 Å². The monoisotopic (exact) mass is 369 g/mol. The van der Waals surface area contributed by atoms with Crippen molar-refractivity contribution in [3.05, 3.63) is 54.3 Å². The first kappa shape index (κ1) is 17.9. The van der Waals surface area contributed by atoms with Crippen molar-refractivity contribution in [2.24, 2.45) is 0 Å². The number of carbonyl (C=O) groups is 1. The molecule has 0 N–H and O–H groups in total. The van der Waals surface area contributed by atoms with Crippen LogP contribution in [0.15, 0.2) is 48.5 Å². The van der Waals surface area contributed by atoms with Gasteiger partial charge in [-0.1, -0.05) is 18.2 Å². The number of rotatable bonds is 3. The third kappa shape index (κ3) is 3.55. The fourth-order valence-electron chi connectivity index (χ4n) is 3.83. The van der Waals surface area contributed by atoms with Crippen molar-refractivity contribution in [3.8, 4) is 0 Å². The van der Waals surface area contributed by atoms with E-state index in [-0.39, 0.29) is 17.8 Å². The first-order valence-corrected chi connectivity index (χ1v) is 9.40. The molecule has 2 aromatic rings. The van der Waals surface area contributed by atoms with E-state index in [4.69, 9.17) is 4.74 Å². The molecule has 142 valence electrons. The van der Waals surface area contributed by atoms with Crippen molar-refractivity contribution >= 4 is 23.0 Å². The summed E-state index contributed by atoms with van der Waals surface area (Å²) >= 11 is 0. The Hall–Kier alpha value is -2.44. The number of benzene rings is 2. The number of hydrogen-bond acceptors (Lipinski definition) is 4. The lowest BCUT2D eigenvalue weighted by molar-refractivity contribution is -0.124. The second-order valence-corrected chi connectivity index (χ2v) is 6.93. The van der Waals surface area contributed by atoms with E-state index in [1.165, 1.54) is 12.1 Å². The molecule has 2 aromatic carbocycles. The van der Waals surface area contributed by atoms with Crippen LogP contribution in [-0.2, 0) is 9.53 Å². The van der Waals surface area contributed by atoms with E-state index in [9.17, 15) is 9.18 Å². The number of hydrogen-bond donors (Lipinski definition) is 0. The molecule has 6 heteroatoms. The van der Waals surface area contributed by atoms with Crippen LogP contribution >= 0.6 is 0 Å². The van der Waals surface area contributed by atoms with Crippen LogP contribution in [0.25, 0.3) is 0 Å². The van der Waals surface area contributed by atoms with Crippen LogP contribution in [0, 0.1) is 5.82 Å². The molecule has 0 bridgehead atoms. The van der Waals surface area contributed by atoms with Gasteiger partial charge in [-0.15, -0.1) is 0 Å². The maximum atomic E-state index is 14.0. The summed E-state index contributed by atoms with van der Waals surface area (Å²) in [4.78, 5) is 19.2. The van der Waals surface area contributed by atoms with Crippen LogP contribution in [0.4, 0.5) is 21.5 Å². The Labute approximate surface area is 158 Å². The topological polar surface area (TPSA) is 36.0 Å². The zero-order valence-electron chi connectivity index (χ0n) is 15.5. The molecule has 4 rings (SSSR count). The molecule has 0 spiro atoms. The second kappa shape index (κ2) is 7.66. The highest BCUT2D eigenvalue weighted by molar-refractivity contribution is 6.01. The van der Waals surface area contributed by atoms with E-state index in [1.807, 2.05) is 37.3 Å². The molecule has 1 fully saturated rings. The first-order valence-electron chi connectivity index (χ1n) is 9.40. The Morgan fingerprint density at radius 1 is 1.00 bits per heavy atom. The Balaban J connectivity index is 1.64. The molecule has 1 saturated heterocycles. The van der Waals surface area contributed by atoms with Crippen molar-refractivity contribution in [1.29, 1.82) is 0 Å². The van der Waals surface area contributed by atoms with Crippen LogP contribution in [0.3, 0.4) is 0 Å². The minimum Gasteiger partial charge on any atom is -0.379 e. The van der Waals surface area contributed by atoms with Gasteiger partial charge >= 0.3 is 0 Å². The average Bonchev–Trinajstić information content (AvgIpc) is 2.73. The van der Waals surface area contributed by atoms with Gasteiger partial charge in [0.1, 0.15) is 5.82 Å². The summed E-state index contributed by atoms with van der Waals surface area (Å²) in [6.45, 7) is 5.96. The second-order valence-electron chi connectivity index (χ2n) is 6.93. The van der Waals surface area contributed by atoms with Gasteiger partial charge in [-0.25, -0.2) is 4.39 Å². The Morgan fingerprint density at radius 2 is 1.74 bits per heavy atom. The van der Waals surface area contributed by atoms with Crippen molar-refractivity contribution in [2.45, 2.75) is 13.0 Å². The van der Waals surface area contributed by atoms with E-state index in [0.717, 1.165) is 30.2 Å². The molecule has 0 saturated carbocycles. The van der Waals surface area contributed by atoms with Crippen molar-refractivity contribution in [2.75, 3.05) is 49.2 Å².